The van der Waals surface area contributed by atoms with Crippen molar-refractivity contribution in [3.05, 3.63) is 59.8 Å². The third kappa shape index (κ3) is 3.62. The molecule has 0 amide bonds. The maximum Gasteiger partial charge on any atom is 0.340 e. The van der Waals surface area contributed by atoms with E-state index in [0.717, 1.165) is 5.56 Å². The number of rotatable bonds is 6. The van der Waals surface area contributed by atoms with Gasteiger partial charge < -0.3 is 9.72 Å². The van der Waals surface area contributed by atoms with Crippen molar-refractivity contribution in [3.8, 4) is 11.3 Å². The van der Waals surface area contributed by atoms with Crippen LogP contribution in [0.1, 0.15) is 28.4 Å². The van der Waals surface area contributed by atoms with Crippen molar-refractivity contribution < 1.29 is 18.7 Å². The molecular weight excluding hydrogens is 349 g/mol. The first-order valence-electron chi connectivity index (χ1n) is 8.39. The molecule has 0 spiro atoms. The van der Waals surface area contributed by atoms with E-state index in [-0.39, 0.29) is 13.0 Å². The van der Waals surface area contributed by atoms with Crippen molar-refractivity contribution in [2.45, 2.75) is 20.3 Å². The minimum absolute atomic E-state index is 0.0961. The smallest absolute Gasteiger partial charge is 0.340 e. The molecule has 0 radical (unpaired) electrons. The summed E-state index contributed by atoms with van der Waals surface area (Å²) in [6, 6.07) is 5.42. The Bertz CT molecular complexity index is 1060. The van der Waals surface area contributed by atoms with Gasteiger partial charge in [0.15, 0.2) is 11.6 Å². The highest BCUT2D eigenvalue weighted by Gasteiger charge is 2.19. The number of benzene rings is 1. The molecule has 0 saturated heterocycles. The van der Waals surface area contributed by atoms with Crippen LogP contribution >= 0.6 is 0 Å². The second kappa shape index (κ2) is 7.49. The lowest BCUT2D eigenvalue weighted by molar-refractivity contribution is -0.116. The summed E-state index contributed by atoms with van der Waals surface area (Å²) in [7, 11) is 0. The molecule has 1 N–H and O–H groups in total. The number of H-pyrrole nitrogens is 1. The van der Waals surface area contributed by atoms with E-state index in [0.29, 0.717) is 33.4 Å². The van der Waals surface area contributed by atoms with Crippen molar-refractivity contribution >= 4 is 22.8 Å². The van der Waals surface area contributed by atoms with Crippen molar-refractivity contribution in [1.82, 2.24) is 15.0 Å². The number of fused-ring (bicyclic) bond motifs is 1. The highest BCUT2D eigenvalue weighted by molar-refractivity contribution is 6.08. The third-order valence-corrected chi connectivity index (χ3v) is 4.24. The molecule has 2 heterocycles. The molecule has 0 bridgehead atoms. The van der Waals surface area contributed by atoms with Gasteiger partial charge in [-0.3, -0.25) is 4.79 Å². The molecule has 3 rings (SSSR count). The third-order valence-electron chi connectivity index (χ3n) is 4.24. The molecule has 2 aromatic heterocycles. The normalized spacial score (nSPS) is 10.8. The molecule has 1 aromatic carbocycles. The Labute approximate surface area is 155 Å². The number of nitrogens with one attached hydrogen (secondary N) is 1. The van der Waals surface area contributed by atoms with Crippen LogP contribution in [0.25, 0.3) is 22.3 Å². The number of ether oxygens (including phenoxy) is 1. The molecule has 0 fully saturated rings. The zero-order chi connectivity index (χ0) is 19.6. The summed E-state index contributed by atoms with van der Waals surface area (Å²) in [4.78, 5) is 35.4. The van der Waals surface area contributed by atoms with Crippen LogP contribution in [0.4, 0.5) is 4.39 Å². The van der Waals surface area contributed by atoms with Crippen LogP contribution in [0.15, 0.2) is 43.1 Å². The van der Waals surface area contributed by atoms with E-state index in [9.17, 15) is 14.0 Å². The number of aromatic nitrogens is 3. The van der Waals surface area contributed by atoms with E-state index >= 15 is 0 Å². The molecule has 0 aliphatic carbocycles. The van der Waals surface area contributed by atoms with Crippen molar-refractivity contribution in [2.75, 3.05) is 6.61 Å². The topological polar surface area (TPSA) is 84.9 Å². The first-order valence-corrected chi connectivity index (χ1v) is 8.39. The van der Waals surface area contributed by atoms with E-state index in [1.807, 2.05) is 19.1 Å². The van der Waals surface area contributed by atoms with Crippen molar-refractivity contribution in [2.24, 2.45) is 0 Å². The van der Waals surface area contributed by atoms with Crippen LogP contribution in [0, 0.1) is 6.92 Å². The molecule has 0 unspecified atom stereocenters. The Balaban J connectivity index is 2.12. The first kappa shape index (κ1) is 18.4. The van der Waals surface area contributed by atoms with Crippen molar-refractivity contribution in [1.29, 1.82) is 0 Å². The maximum atomic E-state index is 13.1. The van der Waals surface area contributed by atoms with Crippen LogP contribution < -0.4 is 0 Å². The van der Waals surface area contributed by atoms with Crippen LogP contribution in [0.2, 0.25) is 0 Å². The molecule has 0 aliphatic rings. The predicted octanol–water partition coefficient (Wildman–Crippen LogP) is 3.70. The van der Waals surface area contributed by atoms with Gasteiger partial charge in [-0.05, 0) is 31.0 Å². The lowest BCUT2D eigenvalue weighted by atomic mass is 9.97. The number of Topliss-reactive ketones (excluding diaryl/α,β-unsaturated/α-hetero) is 1. The Kier molecular flexibility index (Phi) is 5.12. The number of nitrogens with zero attached hydrogens (tertiary/aromatic N) is 2. The number of ketones is 1. The Morgan fingerprint density at radius 1 is 1.30 bits per heavy atom. The quantitative estimate of drug-likeness (QED) is 0.530. The predicted molar refractivity (Wildman–Crippen MR) is 99.0 cm³/mol. The summed E-state index contributed by atoms with van der Waals surface area (Å²) in [5.74, 6) is -2.12. The van der Waals surface area contributed by atoms with Gasteiger partial charge in [0, 0.05) is 18.2 Å². The maximum absolute atomic E-state index is 13.1. The molecule has 0 aliphatic heterocycles. The monoisotopic (exact) mass is 367 g/mol. The highest BCUT2D eigenvalue weighted by atomic mass is 19.1. The number of aryl methyl sites for hydroxylation is 1. The lowest BCUT2D eigenvalue weighted by Crippen LogP contribution is -2.05. The largest absolute Gasteiger partial charge is 0.462 e. The van der Waals surface area contributed by atoms with Gasteiger partial charge in [-0.15, -0.1) is 0 Å². The zero-order valence-electron chi connectivity index (χ0n) is 15.0. The minimum atomic E-state index is -0.973. The average Bonchev–Trinajstić information content (AvgIpc) is 3.08. The van der Waals surface area contributed by atoms with Gasteiger partial charge in [-0.2, -0.15) is 0 Å². The number of hydrogen-bond donors (Lipinski definition) is 1. The molecule has 27 heavy (non-hydrogen) atoms. The van der Waals surface area contributed by atoms with E-state index < -0.39 is 17.6 Å². The first-order chi connectivity index (χ1) is 12.9. The van der Waals surface area contributed by atoms with E-state index in [4.69, 9.17) is 4.74 Å². The standard InChI is InChI=1S/C20H18FN3O3/c1-4-27-20(26)15-9-22-19-17(15)18(23-10-24-19)13-6-5-11(2)14(7-13)8-16(25)12(3)21/h5-7,9-10H,3-4,8H2,1-2H3,(H,22,23,24). The number of halogens is 1. The van der Waals surface area contributed by atoms with Gasteiger partial charge in [0.05, 0.1) is 23.3 Å². The van der Waals surface area contributed by atoms with Crippen LogP contribution in [0.3, 0.4) is 0 Å². The van der Waals surface area contributed by atoms with Gasteiger partial charge in [-0.1, -0.05) is 18.7 Å². The van der Waals surface area contributed by atoms with Crippen LogP contribution in [-0.4, -0.2) is 33.3 Å². The molecule has 138 valence electrons. The summed E-state index contributed by atoms with van der Waals surface area (Å²) in [6.07, 6.45) is 2.82. The number of hydrogen-bond acceptors (Lipinski definition) is 5. The fourth-order valence-corrected chi connectivity index (χ4v) is 2.83. The summed E-state index contributed by atoms with van der Waals surface area (Å²) in [5.41, 5.74) is 3.55. The molecule has 3 aromatic rings. The summed E-state index contributed by atoms with van der Waals surface area (Å²) < 4.78 is 18.2. The summed E-state index contributed by atoms with van der Waals surface area (Å²) in [6.45, 7) is 6.86. The zero-order valence-corrected chi connectivity index (χ0v) is 15.0. The van der Waals surface area contributed by atoms with Gasteiger partial charge in [-0.25, -0.2) is 19.2 Å². The van der Waals surface area contributed by atoms with Crippen molar-refractivity contribution in [3.63, 3.8) is 0 Å². The highest BCUT2D eigenvalue weighted by Crippen LogP contribution is 2.30. The Morgan fingerprint density at radius 2 is 2.07 bits per heavy atom. The van der Waals surface area contributed by atoms with Gasteiger partial charge >= 0.3 is 5.97 Å². The number of esters is 1. The summed E-state index contributed by atoms with van der Waals surface area (Å²) in [5, 5.41) is 0.534. The Hall–Kier alpha value is -3.35. The van der Waals surface area contributed by atoms with Gasteiger partial charge in [0.2, 0.25) is 0 Å². The number of carbonyl (C=O) groups is 2. The number of allylic oxidation sites excluding steroid dienone is 1. The molecule has 7 heteroatoms. The lowest BCUT2D eigenvalue weighted by Gasteiger charge is -2.09. The van der Waals surface area contributed by atoms with Crippen LogP contribution in [-0.2, 0) is 16.0 Å². The second-order valence-electron chi connectivity index (χ2n) is 6.01. The number of aromatic amines is 1. The average molecular weight is 367 g/mol. The van der Waals surface area contributed by atoms with E-state index in [1.165, 1.54) is 12.5 Å². The second-order valence-corrected chi connectivity index (χ2v) is 6.01. The molecule has 0 atom stereocenters. The van der Waals surface area contributed by atoms with Gasteiger partial charge in [0.25, 0.3) is 0 Å². The van der Waals surface area contributed by atoms with E-state index in [1.54, 1.807) is 13.0 Å². The number of carbonyl (C=O) groups excluding carboxylic acids is 2. The molecular formula is C20H18FN3O3. The van der Waals surface area contributed by atoms with Gasteiger partial charge in [0.1, 0.15) is 12.0 Å². The van der Waals surface area contributed by atoms with E-state index in [2.05, 4.69) is 21.5 Å². The fourth-order valence-electron chi connectivity index (χ4n) is 2.83. The summed E-state index contributed by atoms with van der Waals surface area (Å²) >= 11 is 0. The molecule has 0 saturated carbocycles. The van der Waals surface area contributed by atoms with Crippen LogP contribution in [0.5, 0.6) is 0 Å². The minimum Gasteiger partial charge on any atom is -0.462 e. The SMILES string of the molecule is C=C(F)C(=O)Cc1cc(-c2ncnc3[nH]cc(C(=O)OCC)c23)ccc1C. The molecule has 6 nitrogen and oxygen atoms in total. The fraction of sp³-hybridized carbons (Fsp3) is 0.200. The Morgan fingerprint density at radius 3 is 2.78 bits per heavy atom.